The summed E-state index contributed by atoms with van der Waals surface area (Å²) >= 11 is 17.8. The number of hydrogen-bond donors (Lipinski definition) is 0. The molecule has 0 bridgehead atoms. The maximum atomic E-state index is 5.18. The van der Waals surface area contributed by atoms with E-state index < -0.39 is 36.8 Å². The standard InChI is InChI=1S/C32H44N2S4.C28H36Br2N2S4.6C4H9.C2H2.2Sn/c1-7-12-15-22(10-4)18-24-17-21(6)35-27(24)29-33-31-32(37-29)34-30(38-31)28-25(20-26(36-28)14-9-3)19-23(11-5)16-13-8-2;1-5-9-11-17(7-3)13-19-15-21(29)33-23(19)25-31-27-28(35-25)32-26(36-27)24-20(16-22(30)34-24)14-18(8-4)12-10-6-2;6*1-3-4-2;1-2;;/h9,14,17,20,22-23H,7-8,10-13,15-16,18-19H2,1-6H3;15-18H,5-14H2,1-4H3;6*1,3-4H2,2H3;1-2H;;/b14-9+;;;;;;;;;;. The van der Waals surface area contributed by atoms with Gasteiger partial charge in [-0.25, -0.2) is 19.9 Å². The monoisotopic (exact) mass is 1880 g/mol. The van der Waals surface area contributed by atoms with Crippen molar-refractivity contribution in [2.24, 2.45) is 23.7 Å². The van der Waals surface area contributed by atoms with E-state index in [0.717, 1.165) is 82.3 Å². The molecule has 0 amide bonds. The number of aromatic nitrogens is 4. The summed E-state index contributed by atoms with van der Waals surface area (Å²) in [5, 5.41) is 4.57. The average molecular weight is 1880 g/mol. The molecule has 0 radical (unpaired) electrons. The van der Waals surface area contributed by atoms with Crippen LogP contribution >= 0.6 is 123 Å². The number of rotatable bonds is 49. The van der Waals surface area contributed by atoms with Gasteiger partial charge >= 0.3 is 190 Å². The summed E-state index contributed by atoms with van der Waals surface area (Å²) in [5.74, 6) is 3.01. The van der Waals surface area contributed by atoms with E-state index in [-0.39, 0.29) is 0 Å². The van der Waals surface area contributed by atoms with Crippen LogP contribution in [0.2, 0.25) is 26.6 Å². The molecule has 0 N–H and O–H groups in total. The number of fused-ring (bicyclic) bond motifs is 2. The van der Waals surface area contributed by atoms with Crippen molar-refractivity contribution in [3.63, 3.8) is 0 Å². The molecule has 0 aliphatic heterocycles. The van der Waals surface area contributed by atoms with Crippen LogP contribution in [0.5, 0.6) is 0 Å². The molecule has 0 saturated carbocycles. The van der Waals surface area contributed by atoms with Gasteiger partial charge in [-0.3, -0.25) is 0 Å². The minimum absolute atomic E-state index is 0.746. The fourth-order valence-electron chi connectivity index (χ4n) is 14.9. The van der Waals surface area contributed by atoms with Crippen LogP contribution in [0.1, 0.15) is 316 Å². The zero-order chi connectivity index (χ0) is 73.9. The number of halogens is 2. The summed E-state index contributed by atoms with van der Waals surface area (Å²) in [7, 11) is 0. The molecule has 0 aromatic carbocycles. The third-order valence-corrected chi connectivity index (χ3v) is 62.6. The van der Waals surface area contributed by atoms with Crippen LogP contribution in [0.4, 0.5) is 0 Å². The van der Waals surface area contributed by atoms with Crippen molar-refractivity contribution in [2.75, 3.05) is 0 Å². The van der Waals surface area contributed by atoms with Gasteiger partial charge in [0.1, 0.15) is 20.0 Å². The van der Waals surface area contributed by atoms with E-state index >= 15 is 0 Å². The molecule has 0 saturated heterocycles. The van der Waals surface area contributed by atoms with E-state index in [1.165, 1.54) is 245 Å². The van der Waals surface area contributed by atoms with Gasteiger partial charge in [0.2, 0.25) is 0 Å². The molecule has 4 atom stereocenters. The Balaban J connectivity index is 0.000000244. The summed E-state index contributed by atoms with van der Waals surface area (Å²) in [5.41, 5.74) is 5.85. The van der Waals surface area contributed by atoms with Crippen LogP contribution in [0, 0.1) is 30.6 Å². The molecule has 0 aliphatic rings. The zero-order valence-corrected chi connectivity index (χ0v) is 82.0. The summed E-state index contributed by atoms with van der Waals surface area (Å²) in [6, 6.07) is 9.46. The van der Waals surface area contributed by atoms with Crippen LogP contribution in [0.15, 0.2) is 46.1 Å². The second kappa shape index (κ2) is 50.0. The summed E-state index contributed by atoms with van der Waals surface area (Å²) < 4.78 is 18.5. The topological polar surface area (TPSA) is 51.6 Å². The van der Waals surface area contributed by atoms with Gasteiger partial charge in [-0.1, -0.05) is 210 Å². The molecule has 8 aromatic heterocycles. The molecule has 4 unspecified atom stereocenters. The molecule has 570 valence electrons. The van der Waals surface area contributed by atoms with Gasteiger partial charge in [-0.2, -0.15) is 0 Å². The molecule has 0 spiro atoms. The first-order valence-corrected chi connectivity index (χ1v) is 64.7. The Hall–Kier alpha value is -0.123. The molecule has 16 heteroatoms. The third kappa shape index (κ3) is 28.9. The third-order valence-electron chi connectivity index (χ3n) is 21.5. The molecular weight excluding hydrogens is 1740 g/mol. The van der Waals surface area contributed by atoms with Crippen LogP contribution in [0.3, 0.4) is 0 Å². The van der Waals surface area contributed by atoms with Crippen molar-refractivity contribution in [1.82, 2.24) is 19.9 Å². The Morgan fingerprint density at radius 2 is 0.608 bits per heavy atom. The fourth-order valence-corrected chi connectivity index (χ4v) is 65.7. The Kier molecular flexibility index (Phi) is 44.5. The SMILES string of the molecule is C/C=C/c1cc(CC(CC)CCCC)c(-c2nc3sc(-c4sc(C)cc4CC(CC)CCCC)nc3s2)s1.CCCCC(CC)Cc1cc(Br)sc1-c1nc2sc(-c3sc(Br)cc3CC(CC)CCCC)nc2s1.CCC[CH2][Sn](/[CH]=[CH]/[Sn]([CH2]CCC)([CH2]CCC)[CH2]CCC)([CH2]CCC)[CH2]CCC. The number of thiophene rings is 4. The van der Waals surface area contributed by atoms with Gasteiger partial charge in [0.25, 0.3) is 0 Å². The number of thiazole rings is 4. The molecule has 0 fully saturated rings. The molecular formula is C86H136Br2N4S8Sn2. The van der Waals surface area contributed by atoms with Crippen molar-refractivity contribution >= 4 is 185 Å². The number of hydrogen-bond acceptors (Lipinski definition) is 12. The Bertz CT molecular complexity index is 3390. The van der Waals surface area contributed by atoms with E-state index in [0.29, 0.717) is 0 Å². The van der Waals surface area contributed by atoms with Crippen molar-refractivity contribution < 1.29 is 0 Å². The quantitative estimate of drug-likeness (QED) is 0.0357. The first-order valence-electron chi connectivity index (χ1n) is 41.2. The Morgan fingerprint density at radius 3 is 0.882 bits per heavy atom. The van der Waals surface area contributed by atoms with Gasteiger partial charge in [-0.05, 0) is 148 Å². The van der Waals surface area contributed by atoms with Crippen molar-refractivity contribution in [3.8, 4) is 39.5 Å². The summed E-state index contributed by atoms with van der Waals surface area (Å²) in [6.45, 7) is 37.3. The van der Waals surface area contributed by atoms with E-state index in [2.05, 4.69) is 187 Å². The predicted molar refractivity (Wildman–Crippen MR) is 486 cm³/mol. The number of unbranched alkanes of at least 4 members (excludes halogenated alkanes) is 10. The second-order valence-electron chi connectivity index (χ2n) is 30.0. The van der Waals surface area contributed by atoms with Gasteiger partial charge in [0.15, 0.2) is 19.3 Å². The first kappa shape index (κ1) is 90.8. The van der Waals surface area contributed by atoms with Gasteiger partial charge in [0, 0.05) is 9.75 Å². The zero-order valence-electron chi connectivity index (χ0n) is 66.6. The number of aryl methyl sites for hydroxylation is 1. The van der Waals surface area contributed by atoms with Crippen molar-refractivity contribution in [3.05, 3.63) is 78.1 Å². The van der Waals surface area contributed by atoms with Gasteiger partial charge in [-0.15, -0.1) is 45.3 Å². The van der Waals surface area contributed by atoms with E-state index in [4.69, 9.17) is 19.9 Å². The van der Waals surface area contributed by atoms with Crippen molar-refractivity contribution in [2.45, 2.75) is 343 Å². The molecule has 4 nitrogen and oxygen atoms in total. The fraction of sp³-hybridized carbons (Fsp3) is 0.674. The van der Waals surface area contributed by atoms with Crippen LogP contribution < -0.4 is 0 Å². The Labute approximate surface area is 680 Å². The van der Waals surface area contributed by atoms with Gasteiger partial charge in [0.05, 0.1) is 27.1 Å². The van der Waals surface area contributed by atoms with E-state index in [9.17, 15) is 0 Å². The van der Waals surface area contributed by atoms with Crippen molar-refractivity contribution in [1.29, 1.82) is 0 Å². The first-order chi connectivity index (χ1) is 49.5. The molecule has 8 rings (SSSR count). The van der Waals surface area contributed by atoms with E-state index in [1.54, 1.807) is 72.0 Å². The Morgan fingerprint density at radius 1 is 0.343 bits per heavy atom. The number of nitrogens with zero attached hydrogens (tertiary/aromatic N) is 4. The molecule has 8 heterocycles. The summed E-state index contributed by atoms with van der Waals surface area (Å²) in [6.07, 6.45) is 47.1. The second-order valence-corrected chi connectivity index (χ2v) is 67.1. The average Bonchev–Trinajstić information content (AvgIpc) is 1.62. The van der Waals surface area contributed by atoms with Crippen LogP contribution in [-0.4, -0.2) is 56.7 Å². The van der Waals surface area contributed by atoms with Crippen LogP contribution in [-0.2, 0) is 25.7 Å². The van der Waals surface area contributed by atoms with Gasteiger partial charge < -0.3 is 0 Å². The summed E-state index contributed by atoms with van der Waals surface area (Å²) in [4.78, 5) is 33.0. The minimum atomic E-state index is -2.10. The molecule has 8 aromatic rings. The normalized spacial score (nSPS) is 13.5. The number of allylic oxidation sites excluding steroid dienone is 1. The van der Waals surface area contributed by atoms with E-state index in [1.807, 2.05) is 45.3 Å². The predicted octanol–water partition coefficient (Wildman–Crippen LogP) is 34.6. The molecule has 0 aliphatic carbocycles. The van der Waals surface area contributed by atoms with Crippen LogP contribution in [0.25, 0.3) is 64.9 Å². The maximum absolute atomic E-state index is 5.18. The molecule has 102 heavy (non-hydrogen) atoms.